The van der Waals surface area contributed by atoms with Gasteiger partial charge in [0.15, 0.2) is 0 Å². The standard InChI is InChI=1S/C12H27NO3/c1-11(2)7-13(5-6-16-4)8-12(3,9-14)10-15/h11,14-15H,5-10H2,1-4H3. The summed E-state index contributed by atoms with van der Waals surface area (Å²) in [5.41, 5.74) is -0.428. The number of nitrogens with zero attached hydrogens (tertiary/aromatic N) is 1. The fourth-order valence-electron chi connectivity index (χ4n) is 1.66. The second kappa shape index (κ2) is 8.01. The van der Waals surface area contributed by atoms with Gasteiger partial charge in [-0.1, -0.05) is 20.8 Å². The lowest BCUT2D eigenvalue weighted by molar-refractivity contribution is 0.0242. The van der Waals surface area contributed by atoms with Gasteiger partial charge in [0.2, 0.25) is 0 Å². The highest BCUT2D eigenvalue weighted by Gasteiger charge is 2.25. The van der Waals surface area contributed by atoms with E-state index >= 15 is 0 Å². The van der Waals surface area contributed by atoms with E-state index in [9.17, 15) is 10.2 Å². The first kappa shape index (κ1) is 15.8. The zero-order valence-corrected chi connectivity index (χ0v) is 11.1. The molecule has 0 aliphatic rings. The largest absolute Gasteiger partial charge is 0.396 e. The van der Waals surface area contributed by atoms with Gasteiger partial charge < -0.3 is 19.8 Å². The molecular weight excluding hydrogens is 206 g/mol. The molecule has 0 atom stereocenters. The van der Waals surface area contributed by atoms with Crippen LogP contribution in [0, 0.1) is 11.3 Å². The molecule has 0 amide bonds. The fraction of sp³-hybridized carbons (Fsp3) is 1.00. The van der Waals surface area contributed by atoms with Crippen LogP contribution in [0.5, 0.6) is 0 Å². The van der Waals surface area contributed by atoms with E-state index in [1.54, 1.807) is 7.11 Å². The number of methoxy groups -OCH3 is 1. The summed E-state index contributed by atoms with van der Waals surface area (Å²) in [7, 11) is 1.69. The molecule has 0 aromatic rings. The molecule has 0 aliphatic carbocycles. The Hall–Kier alpha value is -0.160. The van der Waals surface area contributed by atoms with Crippen LogP contribution in [-0.4, -0.2) is 61.7 Å². The van der Waals surface area contributed by atoms with Crippen LogP contribution in [0.15, 0.2) is 0 Å². The molecule has 16 heavy (non-hydrogen) atoms. The van der Waals surface area contributed by atoms with Gasteiger partial charge in [-0.2, -0.15) is 0 Å². The van der Waals surface area contributed by atoms with E-state index in [1.807, 2.05) is 6.92 Å². The molecule has 0 spiro atoms. The van der Waals surface area contributed by atoms with Gasteiger partial charge in [0.1, 0.15) is 0 Å². The molecule has 0 bridgehead atoms. The van der Waals surface area contributed by atoms with Crippen molar-refractivity contribution >= 4 is 0 Å². The summed E-state index contributed by atoms with van der Waals surface area (Å²) in [6.45, 7) is 9.40. The number of hydrogen-bond donors (Lipinski definition) is 2. The van der Waals surface area contributed by atoms with Gasteiger partial charge in [-0.3, -0.25) is 0 Å². The van der Waals surface area contributed by atoms with Gasteiger partial charge in [0.25, 0.3) is 0 Å². The number of hydrogen-bond acceptors (Lipinski definition) is 4. The first-order chi connectivity index (χ1) is 7.47. The van der Waals surface area contributed by atoms with Crippen LogP contribution in [0.4, 0.5) is 0 Å². The Balaban J connectivity index is 4.27. The van der Waals surface area contributed by atoms with Crippen LogP contribution in [0.2, 0.25) is 0 Å². The molecule has 98 valence electrons. The van der Waals surface area contributed by atoms with Crippen molar-refractivity contribution < 1.29 is 14.9 Å². The smallest absolute Gasteiger partial charge is 0.0589 e. The average Bonchev–Trinajstić information content (AvgIpc) is 2.25. The molecular formula is C12H27NO3. The van der Waals surface area contributed by atoms with E-state index < -0.39 is 5.41 Å². The molecule has 0 saturated carbocycles. The monoisotopic (exact) mass is 233 g/mol. The van der Waals surface area contributed by atoms with E-state index in [0.717, 1.165) is 13.1 Å². The molecule has 0 aromatic heterocycles. The van der Waals surface area contributed by atoms with Crippen LogP contribution in [0.1, 0.15) is 20.8 Å². The van der Waals surface area contributed by atoms with Gasteiger partial charge in [-0.15, -0.1) is 0 Å². The summed E-state index contributed by atoms with van der Waals surface area (Å²) in [4.78, 5) is 2.24. The maximum Gasteiger partial charge on any atom is 0.0589 e. The SMILES string of the molecule is COCCN(CC(C)C)CC(C)(CO)CO. The van der Waals surface area contributed by atoms with E-state index in [1.165, 1.54) is 0 Å². The highest BCUT2D eigenvalue weighted by molar-refractivity contribution is 4.77. The third-order valence-corrected chi connectivity index (χ3v) is 2.60. The number of ether oxygens (including phenoxy) is 1. The molecule has 4 heteroatoms. The third kappa shape index (κ3) is 6.43. The summed E-state index contributed by atoms with van der Waals surface area (Å²) < 4.78 is 5.07. The summed E-state index contributed by atoms with van der Waals surface area (Å²) in [5.74, 6) is 0.568. The predicted octanol–water partition coefficient (Wildman–Crippen LogP) is 0.582. The maximum atomic E-state index is 9.28. The molecule has 0 aliphatic heterocycles. The lowest BCUT2D eigenvalue weighted by Crippen LogP contribution is -2.43. The minimum atomic E-state index is -0.428. The van der Waals surface area contributed by atoms with Crippen LogP contribution in [0.25, 0.3) is 0 Å². The van der Waals surface area contributed by atoms with Crippen molar-refractivity contribution in [3.63, 3.8) is 0 Å². The van der Waals surface area contributed by atoms with Crippen LogP contribution < -0.4 is 0 Å². The van der Waals surface area contributed by atoms with Crippen molar-refractivity contribution in [2.45, 2.75) is 20.8 Å². The van der Waals surface area contributed by atoms with Crippen molar-refractivity contribution in [2.24, 2.45) is 11.3 Å². The van der Waals surface area contributed by atoms with Crippen molar-refractivity contribution in [3.8, 4) is 0 Å². The van der Waals surface area contributed by atoms with Gasteiger partial charge in [-0.25, -0.2) is 0 Å². The Morgan fingerprint density at radius 3 is 2.19 bits per heavy atom. The lowest BCUT2D eigenvalue weighted by Gasteiger charge is -2.33. The van der Waals surface area contributed by atoms with E-state index in [0.29, 0.717) is 19.1 Å². The zero-order valence-electron chi connectivity index (χ0n) is 11.1. The van der Waals surface area contributed by atoms with E-state index in [4.69, 9.17) is 4.74 Å². The van der Waals surface area contributed by atoms with Crippen molar-refractivity contribution in [1.29, 1.82) is 0 Å². The van der Waals surface area contributed by atoms with E-state index in [-0.39, 0.29) is 13.2 Å². The summed E-state index contributed by atoms with van der Waals surface area (Å²) in [6.07, 6.45) is 0. The second-order valence-corrected chi connectivity index (χ2v) is 5.25. The van der Waals surface area contributed by atoms with Gasteiger partial charge >= 0.3 is 0 Å². The second-order valence-electron chi connectivity index (χ2n) is 5.25. The first-order valence-corrected chi connectivity index (χ1v) is 5.90. The Morgan fingerprint density at radius 2 is 1.81 bits per heavy atom. The number of rotatable bonds is 9. The minimum absolute atomic E-state index is 0.00504. The maximum absolute atomic E-state index is 9.28. The first-order valence-electron chi connectivity index (χ1n) is 5.90. The number of aliphatic hydroxyl groups excluding tert-OH is 2. The highest BCUT2D eigenvalue weighted by Crippen LogP contribution is 2.17. The summed E-state index contributed by atoms with van der Waals surface area (Å²) in [5, 5.41) is 18.6. The minimum Gasteiger partial charge on any atom is -0.396 e. The normalized spacial score (nSPS) is 12.8. The molecule has 0 rings (SSSR count). The molecule has 4 nitrogen and oxygen atoms in total. The summed E-state index contributed by atoms with van der Waals surface area (Å²) >= 11 is 0. The van der Waals surface area contributed by atoms with Crippen LogP contribution >= 0.6 is 0 Å². The average molecular weight is 233 g/mol. The molecule has 0 aromatic carbocycles. The Bertz CT molecular complexity index is 170. The highest BCUT2D eigenvalue weighted by atomic mass is 16.5. The van der Waals surface area contributed by atoms with E-state index in [2.05, 4.69) is 18.7 Å². The number of aliphatic hydroxyl groups is 2. The molecule has 0 saturated heterocycles. The van der Waals surface area contributed by atoms with Gasteiger partial charge in [0.05, 0.1) is 19.8 Å². The van der Waals surface area contributed by atoms with Gasteiger partial charge in [0, 0.05) is 32.2 Å². The Labute approximate surface area is 99.2 Å². The molecule has 0 fully saturated rings. The van der Waals surface area contributed by atoms with Crippen molar-refractivity contribution in [1.82, 2.24) is 4.90 Å². The molecule has 2 N–H and O–H groups in total. The topological polar surface area (TPSA) is 52.9 Å². The van der Waals surface area contributed by atoms with Crippen LogP contribution in [-0.2, 0) is 4.74 Å². The Morgan fingerprint density at radius 1 is 1.25 bits per heavy atom. The quantitative estimate of drug-likeness (QED) is 0.612. The third-order valence-electron chi connectivity index (χ3n) is 2.60. The molecule has 0 heterocycles. The fourth-order valence-corrected chi connectivity index (χ4v) is 1.66. The molecule has 0 radical (unpaired) electrons. The van der Waals surface area contributed by atoms with Crippen molar-refractivity contribution in [2.75, 3.05) is 46.6 Å². The van der Waals surface area contributed by atoms with Crippen molar-refractivity contribution in [3.05, 3.63) is 0 Å². The predicted molar refractivity (Wildman–Crippen MR) is 65.4 cm³/mol. The Kier molecular flexibility index (Phi) is 7.93. The van der Waals surface area contributed by atoms with Gasteiger partial charge in [-0.05, 0) is 5.92 Å². The zero-order chi connectivity index (χ0) is 12.6. The lowest BCUT2D eigenvalue weighted by atomic mass is 9.92. The van der Waals surface area contributed by atoms with Crippen LogP contribution in [0.3, 0.4) is 0 Å². The summed E-state index contributed by atoms with van der Waals surface area (Å²) in [6, 6.07) is 0. The molecule has 0 unspecified atom stereocenters.